The van der Waals surface area contributed by atoms with E-state index in [4.69, 9.17) is 20.8 Å². The summed E-state index contributed by atoms with van der Waals surface area (Å²) in [7, 11) is 0. The van der Waals surface area contributed by atoms with E-state index in [0.29, 0.717) is 11.8 Å². The fourth-order valence-corrected chi connectivity index (χ4v) is 1.97. The molecule has 0 aliphatic rings. The lowest BCUT2D eigenvalue weighted by atomic mass is 10.1. The Kier molecular flexibility index (Phi) is 3.33. The van der Waals surface area contributed by atoms with Crippen LogP contribution in [-0.4, -0.2) is 10.2 Å². The molecule has 96 valence electrons. The second kappa shape index (κ2) is 5.28. The highest BCUT2D eigenvalue weighted by atomic mass is 35.5. The van der Waals surface area contributed by atoms with Crippen LogP contribution in [0.4, 0.5) is 0 Å². The highest BCUT2D eigenvalue weighted by molar-refractivity contribution is 6.16. The Morgan fingerprint density at radius 1 is 1.00 bits per heavy atom. The first-order valence-corrected chi connectivity index (χ1v) is 6.38. The molecule has 0 aliphatic carbocycles. The van der Waals surface area contributed by atoms with E-state index >= 15 is 0 Å². The second-order valence-electron chi connectivity index (χ2n) is 3.99. The van der Waals surface area contributed by atoms with Gasteiger partial charge in [-0.3, -0.25) is 0 Å². The molecule has 0 saturated carbocycles. The van der Waals surface area contributed by atoms with Gasteiger partial charge in [-0.1, -0.05) is 36.4 Å². The van der Waals surface area contributed by atoms with E-state index in [2.05, 4.69) is 10.2 Å². The molecule has 1 heterocycles. The lowest BCUT2D eigenvalue weighted by Crippen LogP contribution is -1.96. The molecule has 0 bridgehead atoms. The first kappa shape index (κ1) is 12.0. The molecule has 0 aliphatic heterocycles. The Balaban J connectivity index is 1.81. The number of aromatic nitrogens is 2. The average Bonchev–Trinajstić information content (AvgIpc) is 2.93. The number of halogens is 1. The van der Waals surface area contributed by atoms with Crippen LogP contribution in [0, 0.1) is 0 Å². The fourth-order valence-electron chi connectivity index (χ4n) is 1.86. The van der Waals surface area contributed by atoms with Gasteiger partial charge in [0.1, 0.15) is 11.6 Å². The molecule has 3 rings (SSSR count). The van der Waals surface area contributed by atoms with Crippen molar-refractivity contribution in [2.75, 3.05) is 0 Å². The summed E-state index contributed by atoms with van der Waals surface area (Å²) in [5.74, 6) is 1.83. The molecule has 0 unspecified atom stereocenters. The van der Waals surface area contributed by atoms with Gasteiger partial charge in [-0.05, 0) is 11.5 Å². The van der Waals surface area contributed by atoms with E-state index in [-0.39, 0.29) is 12.5 Å². The van der Waals surface area contributed by atoms with Crippen LogP contribution < -0.4 is 4.74 Å². The minimum absolute atomic E-state index is 0.210. The Hall–Kier alpha value is -2.07. The van der Waals surface area contributed by atoms with E-state index in [9.17, 15) is 0 Å². The molecule has 4 nitrogen and oxygen atoms in total. The van der Waals surface area contributed by atoms with Crippen molar-refractivity contribution >= 4 is 22.4 Å². The molecule has 0 amide bonds. The SMILES string of the molecule is ClCc1nnc(COc2cccc3ccccc23)o1. The Morgan fingerprint density at radius 3 is 2.63 bits per heavy atom. The van der Waals surface area contributed by atoms with Gasteiger partial charge < -0.3 is 9.15 Å². The minimum Gasteiger partial charge on any atom is -0.483 e. The first-order valence-electron chi connectivity index (χ1n) is 5.84. The van der Waals surface area contributed by atoms with Crippen molar-refractivity contribution in [3.63, 3.8) is 0 Å². The predicted octanol–water partition coefficient (Wildman–Crippen LogP) is 3.54. The fraction of sp³-hybridized carbons (Fsp3) is 0.143. The summed E-state index contributed by atoms with van der Waals surface area (Å²) >= 11 is 5.60. The smallest absolute Gasteiger partial charge is 0.253 e. The van der Waals surface area contributed by atoms with Gasteiger partial charge in [0.15, 0.2) is 6.61 Å². The third-order valence-corrected chi connectivity index (χ3v) is 2.95. The number of ether oxygens (including phenoxy) is 1. The van der Waals surface area contributed by atoms with Crippen LogP contribution in [0.5, 0.6) is 5.75 Å². The van der Waals surface area contributed by atoms with E-state index in [1.54, 1.807) is 0 Å². The molecule has 0 N–H and O–H groups in total. The highest BCUT2D eigenvalue weighted by Gasteiger charge is 2.07. The summed E-state index contributed by atoms with van der Waals surface area (Å²) in [5, 5.41) is 9.83. The average molecular weight is 275 g/mol. The molecular formula is C14H11ClN2O2. The van der Waals surface area contributed by atoms with E-state index < -0.39 is 0 Å². The van der Waals surface area contributed by atoms with Crippen molar-refractivity contribution in [1.29, 1.82) is 0 Å². The number of nitrogens with zero attached hydrogens (tertiary/aromatic N) is 2. The number of alkyl halides is 1. The molecule has 5 heteroatoms. The van der Waals surface area contributed by atoms with Crippen molar-refractivity contribution < 1.29 is 9.15 Å². The largest absolute Gasteiger partial charge is 0.483 e. The Morgan fingerprint density at radius 2 is 1.79 bits per heavy atom. The quantitative estimate of drug-likeness (QED) is 0.683. The minimum atomic E-state index is 0.210. The maximum Gasteiger partial charge on any atom is 0.253 e. The maximum atomic E-state index is 5.72. The van der Waals surface area contributed by atoms with Crippen molar-refractivity contribution in [1.82, 2.24) is 10.2 Å². The van der Waals surface area contributed by atoms with Crippen molar-refractivity contribution in [3.05, 3.63) is 54.2 Å². The number of hydrogen-bond donors (Lipinski definition) is 0. The molecule has 3 aromatic rings. The van der Waals surface area contributed by atoms with Gasteiger partial charge in [0.25, 0.3) is 5.89 Å². The Bertz CT molecular complexity index is 691. The molecular weight excluding hydrogens is 264 g/mol. The van der Waals surface area contributed by atoms with Crippen molar-refractivity contribution in [3.8, 4) is 5.75 Å². The first-order chi connectivity index (χ1) is 9.36. The molecule has 0 atom stereocenters. The number of hydrogen-bond acceptors (Lipinski definition) is 4. The molecule has 2 aromatic carbocycles. The molecule has 0 fully saturated rings. The van der Waals surface area contributed by atoms with Crippen LogP contribution in [-0.2, 0) is 12.5 Å². The highest BCUT2D eigenvalue weighted by Crippen LogP contribution is 2.25. The lowest BCUT2D eigenvalue weighted by molar-refractivity contribution is 0.263. The summed E-state index contributed by atoms with van der Waals surface area (Å²) in [6.07, 6.45) is 0. The van der Waals surface area contributed by atoms with Crippen LogP contribution in [0.2, 0.25) is 0 Å². The van der Waals surface area contributed by atoms with Crippen LogP contribution >= 0.6 is 11.6 Å². The molecule has 0 spiro atoms. The number of fused-ring (bicyclic) bond motifs is 1. The number of benzene rings is 2. The van der Waals surface area contributed by atoms with Crippen LogP contribution in [0.15, 0.2) is 46.9 Å². The summed E-state index contributed by atoms with van der Waals surface area (Å²) in [4.78, 5) is 0. The van der Waals surface area contributed by atoms with Gasteiger partial charge in [-0.2, -0.15) is 0 Å². The summed E-state index contributed by atoms with van der Waals surface area (Å²) in [6.45, 7) is 0.234. The van der Waals surface area contributed by atoms with Gasteiger partial charge in [0.05, 0.1) is 0 Å². The monoisotopic (exact) mass is 274 g/mol. The van der Waals surface area contributed by atoms with E-state index in [0.717, 1.165) is 16.5 Å². The van der Waals surface area contributed by atoms with Gasteiger partial charge in [0, 0.05) is 5.39 Å². The maximum absolute atomic E-state index is 5.72. The Labute approximate surface area is 115 Å². The topological polar surface area (TPSA) is 48.2 Å². The van der Waals surface area contributed by atoms with Gasteiger partial charge >= 0.3 is 0 Å². The zero-order valence-corrected chi connectivity index (χ0v) is 10.8. The van der Waals surface area contributed by atoms with Crippen LogP contribution in [0.1, 0.15) is 11.8 Å². The lowest BCUT2D eigenvalue weighted by Gasteiger charge is -2.06. The third-order valence-electron chi connectivity index (χ3n) is 2.72. The molecule has 1 aromatic heterocycles. The third kappa shape index (κ3) is 2.53. The zero-order valence-electron chi connectivity index (χ0n) is 10.0. The standard InChI is InChI=1S/C14H11ClN2O2/c15-8-13-16-17-14(19-13)9-18-12-7-3-5-10-4-1-2-6-11(10)12/h1-7H,8-9H2. The van der Waals surface area contributed by atoms with Crippen molar-refractivity contribution in [2.24, 2.45) is 0 Å². The number of rotatable bonds is 4. The summed E-state index contributed by atoms with van der Waals surface area (Å²) in [5.41, 5.74) is 0. The van der Waals surface area contributed by atoms with Crippen LogP contribution in [0.3, 0.4) is 0 Å². The summed E-state index contributed by atoms with van der Waals surface area (Å²) < 4.78 is 11.0. The zero-order chi connectivity index (χ0) is 13.1. The summed E-state index contributed by atoms with van der Waals surface area (Å²) in [6, 6.07) is 13.9. The van der Waals surface area contributed by atoms with E-state index in [1.807, 2.05) is 42.5 Å². The second-order valence-corrected chi connectivity index (χ2v) is 4.26. The van der Waals surface area contributed by atoms with Crippen LogP contribution in [0.25, 0.3) is 10.8 Å². The molecule has 0 radical (unpaired) electrons. The van der Waals surface area contributed by atoms with Crippen molar-refractivity contribution in [2.45, 2.75) is 12.5 Å². The van der Waals surface area contributed by atoms with Gasteiger partial charge in [-0.15, -0.1) is 21.8 Å². The van der Waals surface area contributed by atoms with E-state index in [1.165, 1.54) is 0 Å². The predicted molar refractivity (Wildman–Crippen MR) is 72.1 cm³/mol. The molecule has 19 heavy (non-hydrogen) atoms. The van der Waals surface area contributed by atoms with Gasteiger partial charge in [-0.25, -0.2) is 0 Å². The normalized spacial score (nSPS) is 10.8. The van der Waals surface area contributed by atoms with Gasteiger partial charge in [0.2, 0.25) is 5.89 Å². The molecule has 0 saturated heterocycles.